The number of rotatable bonds is 11. The molecule has 2 aromatic carbocycles. The van der Waals surface area contributed by atoms with Crippen LogP contribution < -0.4 is 15.0 Å². The van der Waals surface area contributed by atoms with E-state index in [1.54, 1.807) is 43.4 Å². The fourth-order valence-corrected chi connectivity index (χ4v) is 4.72. The predicted octanol–water partition coefficient (Wildman–Crippen LogP) is 4.47. The van der Waals surface area contributed by atoms with E-state index in [0.29, 0.717) is 54.5 Å². The van der Waals surface area contributed by atoms with Crippen LogP contribution in [0.4, 0.5) is 4.39 Å². The molecule has 5 rings (SSSR count). The average Bonchev–Trinajstić information content (AvgIpc) is 3.62. The minimum Gasteiger partial charge on any atom is -0.493 e. The number of nitrogens with zero attached hydrogens (tertiary/aromatic N) is 5. The first-order chi connectivity index (χ1) is 19.0. The number of furan rings is 1. The number of hydrogen-bond donors (Lipinski definition) is 1. The Morgan fingerprint density at radius 1 is 1.08 bits per heavy atom. The summed E-state index contributed by atoms with van der Waals surface area (Å²) in [4.78, 5) is 18.3. The zero-order valence-electron chi connectivity index (χ0n) is 21.9. The third-order valence-corrected chi connectivity index (χ3v) is 6.67. The molecule has 39 heavy (non-hydrogen) atoms. The molecule has 3 heterocycles. The molecule has 10 nitrogen and oxygen atoms in total. The van der Waals surface area contributed by atoms with E-state index in [2.05, 4.69) is 25.4 Å². The first-order valence-electron chi connectivity index (χ1n) is 12.5. The van der Waals surface area contributed by atoms with Crippen molar-refractivity contribution in [3.63, 3.8) is 0 Å². The molecule has 11 heteroatoms. The summed E-state index contributed by atoms with van der Waals surface area (Å²) >= 11 is 0. The minimum absolute atomic E-state index is 0.208. The van der Waals surface area contributed by atoms with Crippen molar-refractivity contribution in [2.24, 2.45) is 0 Å². The standard InChI is InChI=1S/C28H29FN6O4/c1-4-24(27-31-32-33-35(27)15-18-7-9-21(29)10-8-18)34(17-22-6-5-11-39-22)16-20-12-19-13-25(37-2)26(38-3)14-23(19)30-28(20)36/h5-14,24H,4,15-17H2,1-3H3,(H,30,36)/t24-/m1/s1. The van der Waals surface area contributed by atoms with Gasteiger partial charge in [-0.15, -0.1) is 5.10 Å². The van der Waals surface area contributed by atoms with Crippen LogP contribution in [0.25, 0.3) is 10.9 Å². The Balaban J connectivity index is 1.51. The summed E-state index contributed by atoms with van der Waals surface area (Å²) in [5, 5.41) is 13.3. The largest absolute Gasteiger partial charge is 0.493 e. The number of hydrogen-bond acceptors (Lipinski definition) is 8. The lowest BCUT2D eigenvalue weighted by Gasteiger charge is -2.29. The van der Waals surface area contributed by atoms with Crippen molar-refractivity contribution >= 4 is 10.9 Å². The molecular weight excluding hydrogens is 503 g/mol. The highest BCUT2D eigenvalue weighted by molar-refractivity contribution is 5.83. The molecule has 0 aliphatic heterocycles. The Morgan fingerprint density at radius 3 is 2.54 bits per heavy atom. The second-order valence-corrected chi connectivity index (χ2v) is 9.15. The van der Waals surface area contributed by atoms with Gasteiger partial charge in [-0.2, -0.15) is 0 Å². The maximum atomic E-state index is 13.4. The minimum atomic E-state index is -0.302. The Labute approximate surface area is 224 Å². The molecule has 0 amide bonds. The van der Waals surface area contributed by atoms with Gasteiger partial charge in [0.25, 0.3) is 5.56 Å². The zero-order valence-corrected chi connectivity index (χ0v) is 21.9. The van der Waals surface area contributed by atoms with Crippen molar-refractivity contribution in [3.05, 3.63) is 99.7 Å². The van der Waals surface area contributed by atoms with Crippen LogP contribution in [0.1, 0.15) is 42.1 Å². The highest BCUT2D eigenvalue weighted by atomic mass is 19.1. The summed E-state index contributed by atoms with van der Waals surface area (Å²) in [7, 11) is 3.13. The molecule has 1 N–H and O–H groups in total. The van der Waals surface area contributed by atoms with Gasteiger partial charge in [-0.25, -0.2) is 9.07 Å². The number of aromatic nitrogens is 5. The van der Waals surface area contributed by atoms with Crippen molar-refractivity contribution in [1.29, 1.82) is 0 Å². The molecule has 0 spiro atoms. The lowest BCUT2D eigenvalue weighted by molar-refractivity contribution is 0.149. The summed E-state index contributed by atoms with van der Waals surface area (Å²) in [5.41, 5.74) is 1.87. The fourth-order valence-electron chi connectivity index (χ4n) is 4.72. The SMILES string of the molecule is CC[C@H](c1nnnn1Cc1ccc(F)cc1)N(Cc1ccco1)Cc1cc2cc(OC)c(OC)cc2[nH]c1=O. The molecule has 0 fully saturated rings. The van der Waals surface area contributed by atoms with Crippen LogP contribution in [-0.4, -0.2) is 44.3 Å². The molecular formula is C28H29FN6O4. The molecule has 0 bridgehead atoms. The molecule has 5 aromatic rings. The molecule has 0 saturated heterocycles. The fraction of sp³-hybridized carbons (Fsp3) is 0.286. The van der Waals surface area contributed by atoms with Crippen molar-refractivity contribution in [2.45, 2.75) is 39.0 Å². The number of pyridine rings is 1. The lowest BCUT2D eigenvalue weighted by atomic mass is 10.1. The topological polar surface area (TPSA) is 111 Å². The predicted molar refractivity (Wildman–Crippen MR) is 142 cm³/mol. The van der Waals surface area contributed by atoms with Crippen molar-refractivity contribution < 1.29 is 18.3 Å². The van der Waals surface area contributed by atoms with E-state index < -0.39 is 0 Å². The third kappa shape index (κ3) is 5.68. The second kappa shape index (κ2) is 11.5. The number of ether oxygens (including phenoxy) is 2. The second-order valence-electron chi connectivity index (χ2n) is 9.15. The van der Waals surface area contributed by atoms with Crippen LogP contribution in [0.2, 0.25) is 0 Å². The van der Waals surface area contributed by atoms with E-state index in [-0.39, 0.29) is 17.4 Å². The van der Waals surface area contributed by atoms with E-state index in [9.17, 15) is 9.18 Å². The van der Waals surface area contributed by atoms with Crippen LogP contribution in [-0.2, 0) is 19.6 Å². The first-order valence-corrected chi connectivity index (χ1v) is 12.5. The van der Waals surface area contributed by atoms with Gasteiger partial charge in [0, 0.05) is 23.6 Å². The first kappa shape index (κ1) is 26.1. The molecule has 0 saturated carbocycles. The number of fused-ring (bicyclic) bond motifs is 1. The summed E-state index contributed by atoms with van der Waals surface area (Å²) in [6.07, 6.45) is 2.29. The van der Waals surface area contributed by atoms with Gasteiger partial charge in [0.05, 0.1) is 45.1 Å². The molecule has 202 valence electrons. The van der Waals surface area contributed by atoms with Crippen molar-refractivity contribution in [1.82, 2.24) is 30.1 Å². The number of nitrogens with one attached hydrogen (secondary N) is 1. The third-order valence-electron chi connectivity index (χ3n) is 6.67. The number of tetrazole rings is 1. The van der Waals surface area contributed by atoms with Gasteiger partial charge < -0.3 is 18.9 Å². The van der Waals surface area contributed by atoms with E-state index in [4.69, 9.17) is 13.9 Å². The summed E-state index contributed by atoms with van der Waals surface area (Å²) in [6, 6.07) is 15.2. The van der Waals surface area contributed by atoms with Gasteiger partial charge in [0.2, 0.25) is 0 Å². The number of aromatic amines is 1. The number of benzene rings is 2. The highest BCUT2D eigenvalue weighted by Gasteiger charge is 2.27. The number of H-pyrrole nitrogens is 1. The van der Waals surface area contributed by atoms with Gasteiger partial charge in [0.15, 0.2) is 17.3 Å². The van der Waals surface area contributed by atoms with Crippen LogP contribution in [0, 0.1) is 5.82 Å². The summed E-state index contributed by atoms with van der Waals surface area (Å²) < 4.78 is 31.6. The highest BCUT2D eigenvalue weighted by Crippen LogP contribution is 2.32. The van der Waals surface area contributed by atoms with Crippen LogP contribution >= 0.6 is 0 Å². The van der Waals surface area contributed by atoms with Crippen LogP contribution in [0.15, 0.2) is 70.1 Å². The Morgan fingerprint density at radius 2 is 1.85 bits per heavy atom. The lowest BCUT2D eigenvalue weighted by Crippen LogP contribution is -2.32. The van der Waals surface area contributed by atoms with Gasteiger partial charge in [-0.1, -0.05) is 19.1 Å². The molecule has 0 aliphatic rings. The summed E-state index contributed by atoms with van der Waals surface area (Å²) in [6.45, 7) is 3.16. The molecule has 1 atom stereocenters. The van der Waals surface area contributed by atoms with E-state index >= 15 is 0 Å². The van der Waals surface area contributed by atoms with Gasteiger partial charge in [-0.3, -0.25) is 9.69 Å². The van der Waals surface area contributed by atoms with Crippen molar-refractivity contribution in [3.8, 4) is 11.5 Å². The normalized spacial score (nSPS) is 12.2. The van der Waals surface area contributed by atoms with Crippen LogP contribution in [0.3, 0.4) is 0 Å². The van der Waals surface area contributed by atoms with Gasteiger partial charge in [0.1, 0.15) is 11.6 Å². The Hall–Kier alpha value is -4.51. The Bertz CT molecular complexity index is 1600. The van der Waals surface area contributed by atoms with E-state index in [1.807, 2.05) is 31.2 Å². The molecule has 0 aliphatic carbocycles. The van der Waals surface area contributed by atoms with Crippen LogP contribution in [0.5, 0.6) is 11.5 Å². The number of halogens is 1. The summed E-state index contributed by atoms with van der Waals surface area (Å²) in [5.74, 6) is 2.18. The Kier molecular flexibility index (Phi) is 7.69. The maximum absolute atomic E-state index is 13.4. The zero-order chi connectivity index (χ0) is 27.4. The smallest absolute Gasteiger partial charge is 0.252 e. The van der Waals surface area contributed by atoms with E-state index in [1.165, 1.54) is 12.1 Å². The van der Waals surface area contributed by atoms with Crippen molar-refractivity contribution in [2.75, 3.05) is 14.2 Å². The molecule has 0 radical (unpaired) electrons. The molecule has 0 unspecified atom stereocenters. The quantitative estimate of drug-likeness (QED) is 0.265. The monoisotopic (exact) mass is 532 g/mol. The van der Waals surface area contributed by atoms with Gasteiger partial charge >= 0.3 is 0 Å². The maximum Gasteiger partial charge on any atom is 0.252 e. The molecule has 3 aromatic heterocycles. The van der Waals surface area contributed by atoms with E-state index in [0.717, 1.165) is 16.7 Å². The van der Waals surface area contributed by atoms with Gasteiger partial charge in [-0.05, 0) is 58.8 Å². The average molecular weight is 533 g/mol. The number of methoxy groups -OCH3 is 2.